The first-order chi connectivity index (χ1) is 21.6. The number of hydrogen-bond acceptors (Lipinski definition) is 6. The van der Waals surface area contributed by atoms with Crippen LogP contribution in [-0.2, 0) is 17.5 Å². The van der Waals surface area contributed by atoms with Gasteiger partial charge in [-0.2, -0.15) is 18.3 Å². The molecule has 0 radical (unpaired) electrons. The maximum atomic E-state index is 14.3. The third-order valence-electron chi connectivity index (χ3n) is 8.61. The SMILES string of the molecule is CC([C@@H](c1cccc(-n2cc3c(C(F)(F)F)cc(CNCCCN(C)C(=O)OC(C)(C)C)cn3c2=O)c1)C1CCC1)N(C)/C=N\N. The molecule has 46 heavy (non-hydrogen) atoms. The third kappa shape index (κ3) is 8.23. The molecule has 2 heterocycles. The van der Waals surface area contributed by atoms with Crippen LogP contribution in [0, 0.1) is 5.92 Å². The van der Waals surface area contributed by atoms with E-state index in [0.29, 0.717) is 36.7 Å². The minimum atomic E-state index is -4.67. The van der Waals surface area contributed by atoms with Crippen LogP contribution in [0.5, 0.6) is 0 Å². The first kappa shape index (κ1) is 34.9. The van der Waals surface area contributed by atoms with Crippen molar-refractivity contribution in [1.29, 1.82) is 0 Å². The van der Waals surface area contributed by atoms with Gasteiger partial charge in [0.25, 0.3) is 0 Å². The summed E-state index contributed by atoms with van der Waals surface area (Å²) in [6, 6.07) is 8.63. The summed E-state index contributed by atoms with van der Waals surface area (Å²) >= 11 is 0. The summed E-state index contributed by atoms with van der Waals surface area (Å²) in [5.74, 6) is 5.96. The van der Waals surface area contributed by atoms with Crippen molar-refractivity contribution in [1.82, 2.24) is 24.1 Å². The first-order valence-corrected chi connectivity index (χ1v) is 15.6. The Labute approximate surface area is 268 Å². The van der Waals surface area contributed by atoms with Gasteiger partial charge in [0, 0.05) is 51.5 Å². The number of hydrazone groups is 1. The van der Waals surface area contributed by atoms with E-state index in [1.807, 2.05) is 30.1 Å². The van der Waals surface area contributed by atoms with Gasteiger partial charge in [0.2, 0.25) is 0 Å². The zero-order chi connectivity index (χ0) is 33.8. The van der Waals surface area contributed by atoms with Crippen LogP contribution in [0.3, 0.4) is 0 Å². The molecule has 1 amide bonds. The number of rotatable bonds is 12. The fourth-order valence-electron chi connectivity index (χ4n) is 5.95. The third-order valence-corrected chi connectivity index (χ3v) is 8.61. The highest BCUT2D eigenvalue weighted by Crippen LogP contribution is 2.42. The first-order valence-electron chi connectivity index (χ1n) is 15.6. The lowest BCUT2D eigenvalue weighted by molar-refractivity contribution is -0.136. The van der Waals surface area contributed by atoms with Gasteiger partial charge in [0.1, 0.15) is 11.9 Å². The molecule has 1 aromatic carbocycles. The molecule has 1 aliphatic rings. The quantitative estimate of drug-likeness (QED) is 0.0878. The van der Waals surface area contributed by atoms with Gasteiger partial charge in [-0.1, -0.05) is 18.6 Å². The summed E-state index contributed by atoms with van der Waals surface area (Å²) in [4.78, 5) is 29.2. The van der Waals surface area contributed by atoms with Gasteiger partial charge in [0.05, 0.1) is 16.8 Å². The molecular formula is C33H46F3N7O3. The Balaban J connectivity index is 1.57. The molecule has 0 aliphatic heterocycles. The fraction of sp³-hybridized carbons (Fsp3) is 0.545. The maximum Gasteiger partial charge on any atom is 0.418 e. The second-order valence-electron chi connectivity index (χ2n) is 13.2. The molecule has 3 N–H and O–H groups in total. The van der Waals surface area contributed by atoms with E-state index in [9.17, 15) is 22.8 Å². The van der Waals surface area contributed by atoms with Crippen LogP contribution in [0.15, 0.2) is 52.6 Å². The highest BCUT2D eigenvalue weighted by molar-refractivity contribution is 5.67. The average molecular weight is 646 g/mol. The summed E-state index contributed by atoms with van der Waals surface area (Å²) in [6.45, 7) is 8.43. The number of benzene rings is 1. The number of likely N-dealkylation sites (N-methyl/N-ethyl adjacent to an activating group) is 1. The second kappa shape index (κ2) is 14.2. The van der Waals surface area contributed by atoms with Crippen LogP contribution in [0.2, 0.25) is 0 Å². The Morgan fingerprint density at radius 3 is 2.52 bits per heavy atom. The normalized spacial score (nSPS) is 15.6. The topological polar surface area (TPSA) is 110 Å². The maximum absolute atomic E-state index is 14.3. The Kier molecular flexibility index (Phi) is 10.8. The fourth-order valence-corrected chi connectivity index (χ4v) is 5.95. The standard InChI is InChI=1S/C33H46F3N7O3/c1-22(41(6)21-39-37)29(24-10-7-11-24)25-12-8-13-26(17-25)42-20-28-27(33(34,35)36)16-23(19-43(28)30(42)44)18-38-14-9-15-40(5)31(45)46-32(2,3)4/h8,12-13,16-17,19-22,24,29,38H,7,9-11,14-15,18,37H2,1-6H3/b39-21-/t22?,29-/m1/s1. The molecule has 1 unspecified atom stereocenters. The zero-order valence-corrected chi connectivity index (χ0v) is 27.5. The number of pyridine rings is 1. The van der Waals surface area contributed by atoms with Crippen molar-refractivity contribution in [2.24, 2.45) is 16.9 Å². The van der Waals surface area contributed by atoms with Crippen molar-refractivity contribution in [3.8, 4) is 5.69 Å². The number of ether oxygens (including phenoxy) is 1. The monoisotopic (exact) mass is 645 g/mol. The molecule has 3 aromatic rings. The summed E-state index contributed by atoms with van der Waals surface area (Å²) in [5.41, 5.74) is -0.462. The number of fused-ring (bicyclic) bond motifs is 1. The zero-order valence-electron chi connectivity index (χ0n) is 27.5. The van der Waals surface area contributed by atoms with Crippen molar-refractivity contribution >= 4 is 17.9 Å². The van der Waals surface area contributed by atoms with Crippen LogP contribution >= 0.6 is 0 Å². The molecule has 1 aliphatic carbocycles. The van der Waals surface area contributed by atoms with Gasteiger partial charge in [0.15, 0.2) is 0 Å². The average Bonchev–Trinajstić information content (AvgIpc) is 3.28. The Morgan fingerprint density at radius 1 is 1.20 bits per heavy atom. The van der Waals surface area contributed by atoms with Crippen LogP contribution in [0.1, 0.15) is 76.0 Å². The number of carbonyl (C=O) groups is 1. The number of nitrogens with two attached hydrogens (primary N) is 1. The molecule has 252 valence electrons. The number of hydrogen-bond donors (Lipinski definition) is 2. The van der Waals surface area contributed by atoms with Crippen molar-refractivity contribution in [2.45, 2.75) is 83.7 Å². The molecule has 0 bridgehead atoms. The molecule has 2 atom stereocenters. The predicted molar refractivity (Wildman–Crippen MR) is 173 cm³/mol. The lowest BCUT2D eigenvalue weighted by Gasteiger charge is -2.40. The summed E-state index contributed by atoms with van der Waals surface area (Å²) < 4.78 is 50.5. The molecular weight excluding hydrogens is 599 g/mol. The number of nitrogens with one attached hydrogen (secondary N) is 1. The number of imidazole rings is 1. The van der Waals surface area contributed by atoms with Crippen molar-refractivity contribution in [3.63, 3.8) is 0 Å². The van der Waals surface area contributed by atoms with Crippen molar-refractivity contribution in [2.75, 3.05) is 27.2 Å². The van der Waals surface area contributed by atoms with Gasteiger partial charge in [-0.15, -0.1) is 0 Å². The highest BCUT2D eigenvalue weighted by atomic mass is 19.4. The van der Waals surface area contributed by atoms with Crippen LogP contribution in [0.4, 0.5) is 18.0 Å². The Hall–Kier alpha value is -4.00. The van der Waals surface area contributed by atoms with E-state index in [0.717, 1.165) is 35.3 Å². The molecule has 1 saturated carbocycles. The van der Waals surface area contributed by atoms with Crippen LogP contribution in [-0.4, -0.2) is 70.0 Å². The second-order valence-corrected chi connectivity index (χ2v) is 13.2. The number of alkyl halides is 3. The van der Waals surface area contributed by atoms with Crippen LogP contribution in [0.25, 0.3) is 11.2 Å². The van der Waals surface area contributed by atoms with Gasteiger partial charge in [-0.05, 0) is 88.7 Å². The number of halogens is 3. The minimum Gasteiger partial charge on any atom is -0.444 e. The number of aromatic nitrogens is 2. The number of carbonyl (C=O) groups excluding carboxylic acids is 1. The molecule has 10 nitrogen and oxygen atoms in total. The van der Waals surface area contributed by atoms with E-state index in [2.05, 4.69) is 17.3 Å². The summed E-state index contributed by atoms with van der Waals surface area (Å²) in [5, 5.41) is 6.79. The van der Waals surface area contributed by atoms with Gasteiger partial charge >= 0.3 is 18.0 Å². The van der Waals surface area contributed by atoms with Crippen molar-refractivity contribution in [3.05, 3.63) is 69.9 Å². The summed E-state index contributed by atoms with van der Waals surface area (Å²) in [6.07, 6.45) is 3.06. The Morgan fingerprint density at radius 2 is 1.91 bits per heavy atom. The van der Waals surface area contributed by atoms with Crippen LogP contribution < -0.4 is 16.8 Å². The largest absolute Gasteiger partial charge is 0.444 e. The lowest BCUT2D eigenvalue weighted by atomic mass is 9.70. The summed E-state index contributed by atoms with van der Waals surface area (Å²) in [7, 11) is 3.54. The van der Waals surface area contributed by atoms with Gasteiger partial charge in [-0.25, -0.2) is 9.59 Å². The van der Waals surface area contributed by atoms with E-state index in [-0.39, 0.29) is 24.0 Å². The molecule has 1 fully saturated rings. The molecule has 4 rings (SSSR count). The molecule has 13 heteroatoms. The minimum absolute atomic E-state index is 0.0577. The van der Waals surface area contributed by atoms with Gasteiger partial charge in [-0.3, -0.25) is 8.97 Å². The van der Waals surface area contributed by atoms with E-state index in [1.54, 1.807) is 40.2 Å². The van der Waals surface area contributed by atoms with E-state index in [4.69, 9.17) is 10.6 Å². The molecule has 0 saturated heterocycles. The predicted octanol–water partition coefficient (Wildman–Crippen LogP) is 5.56. The number of amides is 1. The smallest absolute Gasteiger partial charge is 0.418 e. The number of nitrogens with zero attached hydrogens (tertiary/aromatic N) is 5. The van der Waals surface area contributed by atoms with E-state index in [1.165, 1.54) is 21.9 Å². The van der Waals surface area contributed by atoms with E-state index >= 15 is 0 Å². The van der Waals surface area contributed by atoms with Gasteiger partial charge < -0.3 is 25.7 Å². The lowest BCUT2D eigenvalue weighted by Crippen LogP contribution is -2.39. The molecule has 0 spiro atoms. The Bertz CT molecular complexity index is 1590. The highest BCUT2D eigenvalue weighted by Gasteiger charge is 2.36. The van der Waals surface area contributed by atoms with E-state index < -0.39 is 29.1 Å². The molecule has 2 aromatic heterocycles. The van der Waals surface area contributed by atoms with Crippen molar-refractivity contribution < 1.29 is 22.7 Å².